The summed E-state index contributed by atoms with van der Waals surface area (Å²) in [5.41, 5.74) is 3.99. The van der Waals surface area contributed by atoms with E-state index in [2.05, 4.69) is 25.9 Å². The molecule has 1 aromatic heterocycles. The molecule has 13 nitrogen and oxygen atoms in total. The lowest BCUT2D eigenvalue weighted by atomic mass is 10.0. The van der Waals surface area contributed by atoms with E-state index in [1.807, 2.05) is 35.4 Å². The van der Waals surface area contributed by atoms with Gasteiger partial charge < -0.3 is 20.9 Å². The molecule has 1 unspecified atom stereocenters. The number of rotatable bonds is 11. The van der Waals surface area contributed by atoms with Gasteiger partial charge in [0.2, 0.25) is 17.7 Å². The molecule has 3 aromatic rings. The zero-order chi connectivity index (χ0) is 32.9. The Morgan fingerprint density at radius 2 is 1.74 bits per heavy atom. The lowest BCUT2D eigenvalue weighted by Crippen LogP contribution is -2.54. The van der Waals surface area contributed by atoms with Crippen molar-refractivity contribution >= 4 is 58.0 Å². The molecule has 3 aliphatic heterocycles. The Morgan fingerprint density at radius 3 is 2.51 bits per heavy atom. The van der Waals surface area contributed by atoms with Crippen molar-refractivity contribution in [3.8, 4) is 0 Å². The number of likely N-dealkylation sites (tertiary alicyclic amines) is 1. The van der Waals surface area contributed by atoms with Crippen LogP contribution in [0.25, 0.3) is 16.6 Å². The van der Waals surface area contributed by atoms with Crippen LogP contribution in [-0.4, -0.2) is 87.2 Å². The van der Waals surface area contributed by atoms with Crippen molar-refractivity contribution in [3.63, 3.8) is 0 Å². The van der Waals surface area contributed by atoms with E-state index < -0.39 is 29.7 Å². The van der Waals surface area contributed by atoms with Crippen LogP contribution in [0.4, 0.5) is 5.69 Å². The van der Waals surface area contributed by atoms with Crippen molar-refractivity contribution in [3.05, 3.63) is 71.7 Å². The first-order chi connectivity index (χ1) is 22.8. The summed E-state index contributed by atoms with van der Waals surface area (Å²) >= 11 is 0. The number of allylic oxidation sites excluding steroid dienone is 1. The third-order valence-electron chi connectivity index (χ3n) is 8.81. The number of aromatic nitrogens is 2. The third-order valence-corrected chi connectivity index (χ3v) is 8.81. The summed E-state index contributed by atoms with van der Waals surface area (Å²) in [7, 11) is 0. The summed E-state index contributed by atoms with van der Waals surface area (Å²) < 4.78 is 0. The van der Waals surface area contributed by atoms with Gasteiger partial charge in [-0.2, -0.15) is 0 Å². The Morgan fingerprint density at radius 1 is 0.979 bits per heavy atom. The molecule has 3 aliphatic rings. The van der Waals surface area contributed by atoms with E-state index in [-0.39, 0.29) is 35.9 Å². The standard InChI is InChI=1S/C34H36N8O5/c35-18-21(28-20-38-26-5-1-2-6-27(26)39-28)19-37-22-12-15-41(16-13-22)31(44)7-3-4-14-36-23-8-9-24-25(17-23)34(47)42(33(24)46)29-10-11-30(43)40-32(29)45/h1-2,5-6,8-9,17-20,22,29,35-37H,3-4,7,10-16H2,(H,40,43,45)/b21-19+,35-18?. The zero-order valence-corrected chi connectivity index (χ0v) is 25.8. The predicted molar refractivity (Wildman–Crippen MR) is 174 cm³/mol. The quantitative estimate of drug-likeness (QED) is 0.140. The van der Waals surface area contributed by atoms with Crippen LogP contribution < -0.4 is 16.0 Å². The number of nitrogens with one attached hydrogen (secondary N) is 4. The first-order valence-corrected chi connectivity index (χ1v) is 15.9. The molecule has 0 aliphatic carbocycles. The number of carbonyl (C=O) groups excluding carboxylic acids is 5. The van der Waals surface area contributed by atoms with Gasteiger partial charge in [-0.05, 0) is 62.4 Å². The third kappa shape index (κ3) is 6.88. The van der Waals surface area contributed by atoms with Crippen LogP contribution in [0.3, 0.4) is 0 Å². The van der Waals surface area contributed by atoms with Crippen molar-refractivity contribution < 1.29 is 24.0 Å². The Kier molecular flexibility index (Phi) is 9.32. The van der Waals surface area contributed by atoms with Gasteiger partial charge >= 0.3 is 0 Å². The molecule has 242 valence electrons. The fourth-order valence-electron chi connectivity index (χ4n) is 6.16. The van der Waals surface area contributed by atoms with E-state index in [1.54, 1.807) is 24.4 Å². The van der Waals surface area contributed by atoms with Crippen molar-refractivity contribution in [2.24, 2.45) is 0 Å². The Labute approximate surface area is 271 Å². The Balaban J connectivity index is 0.916. The fourth-order valence-corrected chi connectivity index (χ4v) is 6.16. The number of anilines is 1. The summed E-state index contributed by atoms with van der Waals surface area (Å²) in [5, 5.41) is 16.7. The first-order valence-electron chi connectivity index (χ1n) is 15.9. The van der Waals surface area contributed by atoms with Gasteiger partial charge in [0, 0.05) is 62.2 Å². The monoisotopic (exact) mass is 636 g/mol. The Hall–Kier alpha value is -5.46. The van der Waals surface area contributed by atoms with E-state index in [1.165, 1.54) is 6.21 Å². The highest BCUT2D eigenvalue weighted by atomic mass is 16.2. The number of piperidine rings is 2. The maximum Gasteiger partial charge on any atom is 0.262 e. The SMILES string of the molecule is N=C/C(=C\NC1CCN(C(=O)CCCCNc2ccc3c(c2)C(=O)N(C2CCC(=O)NC2=O)C3=O)CC1)c1cnc2ccccc2n1. The van der Waals surface area contributed by atoms with Crippen molar-refractivity contribution in [2.45, 2.75) is 57.0 Å². The molecule has 47 heavy (non-hydrogen) atoms. The number of para-hydroxylation sites is 2. The summed E-state index contributed by atoms with van der Waals surface area (Å²) in [4.78, 5) is 74.4. The summed E-state index contributed by atoms with van der Waals surface area (Å²) in [5.74, 6) is -2.00. The maximum atomic E-state index is 13.0. The van der Waals surface area contributed by atoms with Crippen LogP contribution >= 0.6 is 0 Å². The zero-order valence-electron chi connectivity index (χ0n) is 25.8. The van der Waals surface area contributed by atoms with Crippen LogP contribution in [-0.2, 0) is 14.4 Å². The molecule has 0 bridgehead atoms. The van der Waals surface area contributed by atoms with E-state index in [0.717, 1.165) is 35.2 Å². The molecular formula is C34H36N8O5. The van der Waals surface area contributed by atoms with Crippen LogP contribution in [0, 0.1) is 5.41 Å². The lowest BCUT2D eigenvalue weighted by molar-refractivity contribution is -0.136. The average molecular weight is 637 g/mol. The highest BCUT2D eigenvalue weighted by Crippen LogP contribution is 2.29. The molecule has 2 aromatic carbocycles. The number of hydrogen-bond donors (Lipinski definition) is 4. The molecule has 4 heterocycles. The molecule has 6 rings (SSSR count). The van der Waals surface area contributed by atoms with Crippen molar-refractivity contribution in [1.29, 1.82) is 5.41 Å². The van der Waals surface area contributed by atoms with Crippen LogP contribution in [0.1, 0.15) is 71.4 Å². The largest absolute Gasteiger partial charge is 0.387 e. The maximum absolute atomic E-state index is 13.0. The highest BCUT2D eigenvalue weighted by Gasteiger charge is 2.44. The van der Waals surface area contributed by atoms with Crippen LogP contribution in [0.2, 0.25) is 0 Å². The fraction of sp³-hybridized carbons (Fsp3) is 0.353. The minimum atomic E-state index is -0.996. The van der Waals surface area contributed by atoms with E-state index in [4.69, 9.17) is 5.41 Å². The summed E-state index contributed by atoms with van der Waals surface area (Å²) in [6.07, 6.45) is 8.43. The number of imide groups is 2. The molecule has 0 spiro atoms. The topological polar surface area (TPSA) is 178 Å². The van der Waals surface area contributed by atoms with Gasteiger partial charge in [-0.25, -0.2) is 4.98 Å². The predicted octanol–water partition coefficient (Wildman–Crippen LogP) is 2.88. The number of amides is 5. The molecule has 5 amide bonds. The number of hydrogen-bond acceptors (Lipinski definition) is 10. The van der Waals surface area contributed by atoms with Crippen molar-refractivity contribution in [1.82, 2.24) is 30.4 Å². The second-order valence-corrected chi connectivity index (χ2v) is 11.9. The molecule has 0 saturated carbocycles. The highest BCUT2D eigenvalue weighted by molar-refractivity contribution is 6.23. The summed E-state index contributed by atoms with van der Waals surface area (Å²) in [6.45, 7) is 1.91. The van der Waals surface area contributed by atoms with Crippen LogP contribution in [0.15, 0.2) is 54.9 Å². The van der Waals surface area contributed by atoms with Gasteiger partial charge in [-0.1, -0.05) is 12.1 Å². The van der Waals surface area contributed by atoms with Gasteiger partial charge in [0.1, 0.15) is 6.04 Å². The molecule has 2 fully saturated rings. The molecular weight excluding hydrogens is 600 g/mol. The molecule has 13 heteroatoms. The second-order valence-electron chi connectivity index (χ2n) is 11.9. The minimum absolute atomic E-state index is 0.0723. The van der Waals surface area contributed by atoms with Gasteiger partial charge in [0.15, 0.2) is 0 Å². The average Bonchev–Trinajstić information content (AvgIpc) is 3.33. The van der Waals surface area contributed by atoms with E-state index in [9.17, 15) is 24.0 Å². The van der Waals surface area contributed by atoms with Crippen LogP contribution in [0.5, 0.6) is 0 Å². The molecule has 2 saturated heterocycles. The normalized spacial score (nSPS) is 18.7. The lowest BCUT2D eigenvalue weighted by Gasteiger charge is -2.32. The van der Waals surface area contributed by atoms with Gasteiger partial charge in [-0.15, -0.1) is 0 Å². The Bertz CT molecular complexity index is 1780. The number of unbranched alkanes of at least 4 members (excludes halogenated alkanes) is 1. The summed E-state index contributed by atoms with van der Waals surface area (Å²) in [6, 6.07) is 11.7. The minimum Gasteiger partial charge on any atom is -0.387 e. The van der Waals surface area contributed by atoms with Gasteiger partial charge in [0.25, 0.3) is 11.8 Å². The van der Waals surface area contributed by atoms with E-state index >= 15 is 0 Å². The number of nitrogens with zero attached hydrogens (tertiary/aromatic N) is 4. The van der Waals surface area contributed by atoms with Gasteiger partial charge in [-0.3, -0.25) is 39.2 Å². The molecule has 0 radical (unpaired) electrons. The van der Waals surface area contributed by atoms with Gasteiger partial charge in [0.05, 0.1) is 34.1 Å². The van der Waals surface area contributed by atoms with E-state index in [0.29, 0.717) is 49.4 Å². The number of carbonyl (C=O) groups is 5. The number of fused-ring (bicyclic) bond motifs is 2. The first kappa shape index (κ1) is 31.5. The van der Waals surface area contributed by atoms with Crippen molar-refractivity contribution in [2.75, 3.05) is 25.0 Å². The smallest absolute Gasteiger partial charge is 0.262 e. The number of benzene rings is 2. The second kappa shape index (κ2) is 13.9. The molecule has 4 N–H and O–H groups in total. The molecule has 1 atom stereocenters.